The van der Waals surface area contributed by atoms with Crippen LogP contribution in [0.4, 0.5) is 0 Å². The lowest BCUT2D eigenvalue weighted by atomic mass is 9.90. The molecule has 5 heteroatoms. The van der Waals surface area contributed by atoms with Crippen molar-refractivity contribution in [3.63, 3.8) is 0 Å². The molecule has 116 valence electrons. The molecule has 21 heavy (non-hydrogen) atoms. The minimum Gasteiger partial charge on any atom is -0.330 e. The van der Waals surface area contributed by atoms with E-state index in [4.69, 9.17) is 10.8 Å². The van der Waals surface area contributed by atoms with Crippen molar-refractivity contribution in [2.24, 2.45) is 11.1 Å². The Bertz CT molecular complexity index is 609. The molecule has 1 saturated heterocycles. The number of hydrogen-bond donors (Lipinski definition) is 1. The van der Waals surface area contributed by atoms with Gasteiger partial charge in [-0.3, -0.25) is 9.58 Å². The Kier molecular flexibility index (Phi) is 4.91. The smallest absolute Gasteiger partial charge is 0.0843 e. The maximum absolute atomic E-state index is 5.89. The number of aromatic nitrogens is 2. The summed E-state index contributed by atoms with van der Waals surface area (Å²) in [6, 6.07) is 8.52. The molecule has 0 aliphatic carbocycles. The van der Waals surface area contributed by atoms with Crippen LogP contribution in [0, 0.1) is 5.41 Å². The van der Waals surface area contributed by atoms with Crippen LogP contribution in [0.15, 0.2) is 24.3 Å². The summed E-state index contributed by atoms with van der Waals surface area (Å²) in [5.74, 6) is 0. The van der Waals surface area contributed by atoms with Gasteiger partial charge < -0.3 is 5.73 Å². The van der Waals surface area contributed by atoms with E-state index in [1.54, 1.807) is 0 Å². The first-order chi connectivity index (χ1) is 9.65. The number of nitrogens with two attached hydrogens (primary N) is 1. The van der Waals surface area contributed by atoms with Gasteiger partial charge in [0.05, 0.1) is 11.2 Å². The second kappa shape index (κ2) is 6.34. The van der Waals surface area contributed by atoms with Crippen molar-refractivity contribution in [3.05, 3.63) is 30.0 Å². The molecule has 1 aliphatic rings. The molecule has 0 amide bonds. The predicted octanol–water partition coefficient (Wildman–Crippen LogP) is 2.65. The monoisotopic (exact) mass is 308 g/mol. The van der Waals surface area contributed by atoms with E-state index in [0.717, 1.165) is 32.7 Å². The topological polar surface area (TPSA) is 47.1 Å². The van der Waals surface area contributed by atoms with Gasteiger partial charge >= 0.3 is 0 Å². The number of likely N-dealkylation sites (tertiary alicyclic amines) is 1. The number of hydrogen-bond acceptors (Lipinski definition) is 3. The molecular weight excluding hydrogens is 284 g/mol. The average molecular weight is 309 g/mol. The molecule has 0 bridgehead atoms. The van der Waals surface area contributed by atoms with Crippen LogP contribution in [0.2, 0.25) is 0 Å². The fraction of sp³-hybridized carbons (Fsp3) is 0.562. The van der Waals surface area contributed by atoms with Crippen molar-refractivity contribution in [3.8, 4) is 0 Å². The molecule has 4 nitrogen and oxygen atoms in total. The third kappa shape index (κ3) is 3.07. The van der Waals surface area contributed by atoms with Gasteiger partial charge in [0, 0.05) is 25.0 Å². The van der Waals surface area contributed by atoms with Gasteiger partial charge in [0.25, 0.3) is 0 Å². The van der Waals surface area contributed by atoms with E-state index in [1.165, 1.54) is 23.0 Å². The summed E-state index contributed by atoms with van der Waals surface area (Å²) >= 11 is 0. The van der Waals surface area contributed by atoms with Crippen LogP contribution in [0.5, 0.6) is 0 Å². The van der Waals surface area contributed by atoms with E-state index >= 15 is 0 Å². The van der Waals surface area contributed by atoms with Crippen LogP contribution in [-0.4, -0.2) is 34.3 Å². The van der Waals surface area contributed by atoms with E-state index < -0.39 is 0 Å². The molecule has 0 radical (unpaired) electrons. The lowest BCUT2D eigenvalue weighted by Crippen LogP contribution is -2.31. The fourth-order valence-electron chi connectivity index (χ4n) is 3.19. The summed E-state index contributed by atoms with van der Waals surface area (Å²) in [5.41, 5.74) is 8.61. The largest absolute Gasteiger partial charge is 0.330 e. The average Bonchev–Trinajstić information content (AvgIpc) is 3.02. The minimum absolute atomic E-state index is 0. The number of nitrogens with zero attached hydrogens (tertiary/aromatic N) is 3. The van der Waals surface area contributed by atoms with E-state index in [9.17, 15) is 0 Å². The number of aryl methyl sites for hydroxylation is 1. The Balaban J connectivity index is 0.00000161. The molecule has 0 spiro atoms. The zero-order valence-corrected chi connectivity index (χ0v) is 13.7. The Morgan fingerprint density at radius 3 is 2.76 bits per heavy atom. The van der Waals surface area contributed by atoms with Crippen LogP contribution >= 0.6 is 12.4 Å². The molecule has 1 fully saturated rings. The lowest BCUT2D eigenvalue weighted by Gasteiger charge is -2.22. The number of para-hydroxylation sites is 1. The molecule has 1 aromatic carbocycles. The third-order valence-electron chi connectivity index (χ3n) is 4.54. The highest BCUT2D eigenvalue weighted by molar-refractivity contribution is 5.85. The molecule has 2 aromatic rings. The highest BCUT2D eigenvalue weighted by Gasteiger charge is 2.32. The first-order valence-corrected chi connectivity index (χ1v) is 7.52. The molecule has 1 unspecified atom stereocenters. The van der Waals surface area contributed by atoms with Crippen molar-refractivity contribution in [2.45, 2.75) is 33.4 Å². The maximum atomic E-state index is 5.89. The maximum Gasteiger partial charge on any atom is 0.0843 e. The summed E-state index contributed by atoms with van der Waals surface area (Å²) in [6.45, 7) is 9.26. The van der Waals surface area contributed by atoms with Gasteiger partial charge in [-0.1, -0.05) is 25.1 Å². The quantitative estimate of drug-likeness (QED) is 0.944. The summed E-state index contributed by atoms with van der Waals surface area (Å²) in [5, 5.41) is 6.08. The van der Waals surface area contributed by atoms with Gasteiger partial charge in [-0.15, -0.1) is 12.4 Å². The second-order valence-corrected chi connectivity index (χ2v) is 6.26. The van der Waals surface area contributed by atoms with Crippen molar-refractivity contribution >= 4 is 23.3 Å². The summed E-state index contributed by atoms with van der Waals surface area (Å²) < 4.78 is 2.10. The SMILES string of the molecule is CCn1nc(CN2CCC(C)(CN)C2)c2ccccc21.Cl. The number of benzene rings is 1. The summed E-state index contributed by atoms with van der Waals surface area (Å²) in [4.78, 5) is 2.49. The van der Waals surface area contributed by atoms with Crippen LogP contribution in [-0.2, 0) is 13.1 Å². The number of fused-ring (bicyclic) bond motifs is 1. The van der Waals surface area contributed by atoms with Gasteiger partial charge in [0.2, 0.25) is 0 Å². The highest BCUT2D eigenvalue weighted by atomic mass is 35.5. The standard InChI is InChI=1S/C16H24N4.ClH/c1-3-20-15-7-5-4-6-13(15)14(18-20)10-19-9-8-16(2,11-17)12-19;/h4-7H,3,8-12,17H2,1-2H3;1H. The van der Waals surface area contributed by atoms with Gasteiger partial charge in [0.15, 0.2) is 0 Å². The van der Waals surface area contributed by atoms with Crippen molar-refractivity contribution in [1.29, 1.82) is 0 Å². The lowest BCUT2D eigenvalue weighted by molar-refractivity contribution is 0.272. The molecule has 1 aromatic heterocycles. The van der Waals surface area contributed by atoms with Gasteiger partial charge in [-0.2, -0.15) is 5.10 Å². The third-order valence-corrected chi connectivity index (χ3v) is 4.54. The Hall–Kier alpha value is -1.10. The molecule has 1 aliphatic heterocycles. The fourth-order valence-corrected chi connectivity index (χ4v) is 3.19. The zero-order chi connectivity index (χ0) is 14.2. The van der Waals surface area contributed by atoms with E-state index in [-0.39, 0.29) is 17.8 Å². The number of rotatable bonds is 4. The Labute approximate surface area is 132 Å². The van der Waals surface area contributed by atoms with Gasteiger partial charge in [0.1, 0.15) is 0 Å². The molecule has 2 heterocycles. The zero-order valence-electron chi connectivity index (χ0n) is 12.9. The summed E-state index contributed by atoms with van der Waals surface area (Å²) in [7, 11) is 0. The number of halogens is 1. The Morgan fingerprint density at radius 1 is 1.33 bits per heavy atom. The molecule has 2 N–H and O–H groups in total. The summed E-state index contributed by atoms with van der Waals surface area (Å²) in [6.07, 6.45) is 1.19. The van der Waals surface area contributed by atoms with Gasteiger partial charge in [-0.05, 0) is 37.9 Å². The highest BCUT2D eigenvalue weighted by Crippen LogP contribution is 2.30. The van der Waals surface area contributed by atoms with Crippen LogP contribution < -0.4 is 5.73 Å². The van der Waals surface area contributed by atoms with E-state index in [0.29, 0.717) is 0 Å². The van der Waals surface area contributed by atoms with E-state index in [2.05, 4.69) is 47.7 Å². The second-order valence-electron chi connectivity index (χ2n) is 6.26. The molecular formula is C16H25ClN4. The normalized spacial score (nSPS) is 22.6. The van der Waals surface area contributed by atoms with Crippen molar-refractivity contribution in [1.82, 2.24) is 14.7 Å². The van der Waals surface area contributed by atoms with Crippen LogP contribution in [0.3, 0.4) is 0 Å². The van der Waals surface area contributed by atoms with Crippen LogP contribution in [0.1, 0.15) is 26.0 Å². The van der Waals surface area contributed by atoms with Crippen molar-refractivity contribution in [2.75, 3.05) is 19.6 Å². The predicted molar refractivity (Wildman–Crippen MR) is 89.7 cm³/mol. The van der Waals surface area contributed by atoms with E-state index in [1.807, 2.05) is 0 Å². The molecule has 3 rings (SSSR count). The first-order valence-electron chi connectivity index (χ1n) is 7.52. The first kappa shape index (κ1) is 16.3. The van der Waals surface area contributed by atoms with Crippen molar-refractivity contribution < 1.29 is 0 Å². The molecule has 1 atom stereocenters. The van der Waals surface area contributed by atoms with Gasteiger partial charge in [-0.25, -0.2) is 0 Å². The Morgan fingerprint density at radius 2 is 2.10 bits per heavy atom. The minimum atomic E-state index is 0. The van der Waals surface area contributed by atoms with Crippen LogP contribution in [0.25, 0.3) is 10.9 Å². The molecule has 0 saturated carbocycles.